The van der Waals surface area contributed by atoms with Crippen LogP contribution in [0.3, 0.4) is 0 Å². The number of para-hydroxylation sites is 1. The summed E-state index contributed by atoms with van der Waals surface area (Å²) in [7, 11) is -3.03. The maximum atomic E-state index is 11.7. The van der Waals surface area contributed by atoms with E-state index in [0.717, 1.165) is 5.56 Å². The molecular weight excluding hydrogens is 310 g/mol. The lowest BCUT2D eigenvalue weighted by Crippen LogP contribution is -2.19. The molecule has 0 heterocycles. The summed E-state index contributed by atoms with van der Waals surface area (Å²) >= 11 is 6.17. The molecule has 1 aliphatic rings. The third-order valence-electron chi connectivity index (χ3n) is 3.36. The van der Waals surface area contributed by atoms with Crippen LogP contribution in [-0.4, -0.2) is 32.6 Å². The van der Waals surface area contributed by atoms with Crippen LogP contribution < -0.4 is 10.1 Å². The fourth-order valence-corrected chi connectivity index (χ4v) is 3.49. The lowest BCUT2D eigenvalue weighted by molar-refractivity contribution is 0.336. The van der Waals surface area contributed by atoms with E-state index < -0.39 is 9.84 Å². The van der Waals surface area contributed by atoms with Gasteiger partial charge in [-0.2, -0.15) is 0 Å². The molecule has 0 atom stereocenters. The first-order valence-electron chi connectivity index (χ1n) is 7.36. The molecule has 1 aromatic rings. The topological polar surface area (TPSA) is 55.4 Å². The van der Waals surface area contributed by atoms with Crippen LogP contribution in [-0.2, 0) is 16.4 Å². The van der Waals surface area contributed by atoms with Crippen molar-refractivity contribution in [3.63, 3.8) is 0 Å². The van der Waals surface area contributed by atoms with Crippen LogP contribution in [0.5, 0.6) is 5.75 Å². The molecule has 21 heavy (non-hydrogen) atoms. The fourth-order valence-electron chi connectivity index (χ4n) is 2.08. The summed E-state index contributed by atoms with van der Waals surface area (Å²) in [6.45, 7) is 2.69. The number of benzene rings is 1. The average molecular weight is 332 g/mol. The van der Waals surface area contributed by atoms with Crippen molar-refractivity contribution in [2.24, 2.45) is 0 Å². The molecule has 0 bridgehead atoms. The molecule has 0 radical (unpaired) electrons. The van der Waals surface area contributed by atoms with Crippen LogP contribution in [0.15, 0.2) is 18.2 Å². The Morgan fingerprint density at radius 2 is 2.10 bits per heavy atom. The maximum absolute atomic E-state index is 11.7. The molecule has 0 amide bonds. The molecule has 0 spiro atoms. The van der Waals surface area contributed by atoms with Gasteiger partial charge in [0.15, 0.2) is 9.84 Å². The molecule has 2 rings (SSSR count). The van der Waals surface area contributed by atoms with Gasteiger partial charge in [-0.3, -0.25) is 0 Å². The number of hydrogen-bond donors (Lipinski definition) is 1. The monoisotopic (exact) mass is 331 g/mol. The van der Waals surface area contributed by atoms with Gasteiger partial charge in [0.25, 0.3) is 0 Å². The van der Waals surface area contributed by atoms with Crippen LogP contribution in [0.2, 0.25) is 5.02 Å². The predicted molar refractivity (Wildman–Crippen MR) is 85.8 cm³/mol. The van der Waals surface area contributed by atoms with Crippen LogP contribution in [0.25, 0.3) is 0 Å². The molecule has 6 heteroatoms. The Hall–Kier alpha value is -0.780. The van der Waals surface area contributed by atoms with E-state index in [0.29, 0.717) is 29.8 Å². The van der Waals surface area contributed by atoms with Crippen molar-refractivity contribution in [2.45, 2.75) is 38.8 Å². The second kappa shape index (κ2) is 7.47. The van der Waals surface area contributed by atoms with Crippen LogP contribution in [0.1, 0.15) is 31.7 Å². The van der Waals surface area contributed by atoms with E-state index in [1.54, 1.807) is 6.07 Å². The highest BCUT2D eigenvalue weighted by molar-refractivity contribution is 7.91. The first-order chi connectivity index (χ1) is 10.0. The number of halogens is 1. The molecule has 0 aliphatic heterocycles. The van der Waals surface area contributed by atoms with Gasteiger partial charge in [-0.15, -0.1) is 0 Å². The Bertz CT molecular complexity index is 570. The summed E-state index contributed by atoms with van der Waals surface area (Å²) in [4.78, 5) is 0. The molecule has 0 saturated heterocycles. The molecule has 0 aromatic heterocycles. The zero-order valence-electron chi connectivity index (χ0n) is 12.3. The average Bonchev–Trinajstić information content (AvgIpc) is 3.22. The Labute approximate surface area is 131 Å². The lowest BCUT2D eigenvalue weighted by atomic mass is 10.2. The van der Waals surface area contributed by atoms with Crippen molar-refractivity contribution in [1.29, 1.82) is 0 Å². The normalized spacial score (nSPS) is 15.1. The standard InChI is InChI=1S/C15H22ClNO3S/c1-2-9-21(18,19)10-8-20-15-12(4-3-5-14(15)16)11-17-13-6-7-13/h3-5,13,17H,2,6-11H2,1H3. The second-order valence-electron chi connectivity index (χ2n) is 5.38. The van der Waals surface area contributed by atoms with Gasteiger partial charge >= 0.3 is 0 Å². The maximum Gasteiger partial charge on any atom is 0.153 e. The van der Waals surface area contributed by atoms with Gasteiger partial charge < -0.3 is 10.1 Å². The first kappa shape index (κ1) is 16.6. The summed E-state index contributed by atoms with van der Waals surface area (Å²) < 4.78 is 29.0. The van der Waals surface area contributed by atoms with Gasteiger partial charge in [-0.1, -0.05) is 30.7 Å². The Morgan fingerprint density at radius 3 is 2.76 bits per heavy atom. The molecule has 1 saturated carbocycles. The molecular formula is C15H22ClNO3S. The van der Waals surface area contributed by atoms with E-state index >= 15 is 0 Å². The quantitative estimate of drug-likeness (QED) is 0.756. The van der Waals surface area contributed by atoms with E-state index in [1.165, 1.54) is 12.8 Å². The number of hydrogen-bond acceptors (Lipinski definition) is 4. The van der Waals surface area contributed by atoms with E-state index in [-0.39, 0.29) is 18.1 Å². The molecule has 0 unspecified atom stereocenters. The Kier molecular flexibility index (Phi) is 5.90. The van der Waals surface area contributed by atoms with Crippen LogP contribution >= 0.6 is 11.6 Å². The third-order valence-corrected chi connectivity index (χ3v) is 5.48. The van der Waals surface area contributed by atoms with Gasteiger partial charge in [0.05, 0.1) is 16.5 Å². The van der Waals surface area contributed by atoms with Crippen molar-refractivity contribution in [1.82, 2.24) is 5.32 Å². The predicted octanol–water partition coefficient (Wildman–Crippen LogP) is 2.80. The summed E-state index contributed by atoms with van der Waals surface area (Å²) in [6.07, 6.45) is 3.06. The highest BCUT2D eigenvalue weighted by Crippen LogP contribution is 2.29. The summed E-state index contributed by atoms with van der Waals surface area (Å²) in [5.74, 6) is 0.829. The van der Waals surface area contributed by atoms with E-state index in [1.807, 2.05) is 19.1 Å². The van der Waals surface area contributed by atoms with Crippen molar-refractivity contribution in [3.8, 4) is 5.75 Å². The number of ether oxygens (including phenoxy) is 1. The summed E-state index contributed by atoms with van der Waals surface area (Å²) in [6, 6.07) is 6.20. The zero-order chi connectivity index (χ0) is 15.3. The van der Waals surface area contributed by atoms with Crippen molar-refractivity contribution in [2.75, 3.05) is 18.1 Å². The Balaban J connectivity index is 1.94. The molecule has 1 aliphatic carbocycles. The zero-order valence-corrected chi connectivity index (χ0v) is 13.8. The number of nitrogens with one attached hydrogen (secondary N) is 1. The minimum Gasteiger partial charge on any atom is -0.491 e. The van der Waals surface area contributed by atoms with E-state index in [2.05, 4.69) is 5.32 Å². The second-order valence-corrected chi connectivity index (χ2v) is 8.09. The Morgan fingerprint density at radius 1 is 1.33 bits per heavy atom. The third kappa shape index (κ3) is 5.49. The van der Waals surface area contributed by atoms with Gasteiger partial charge in [-0.25, -0.2) is 8.42 Å². The van der Waals surface area contributed by atoms with E-state index in [9.17, 15) is 8.42 Å². The number of rotatable bonds is 9. The van der Waals surface area contributed by atoms with Crippen molar-refractivity contribution in [3.05, 3.63) is 28.8 Å². The SMILES string of the molecule is CCCS(=O)(=O)CCOc1c(Cl)cccc1CNC1CC1. The molecule has 4 nitrogen and oxygen atoms in total. The molecule has 1 aromatic carbocycles. The van der Waals surface area contributed by atoms with E-state index in [4.69, 9.17) is 16.3 Å². The summed E-state index contributed by atoms with van der Waals surface area (Å²) in [5, 5.41) is 3.94. The molecule has 118 valence electrons. The first-order valence-corrected chi connectivity index (χ1v) is 9.56. The highest BCUT2D eigenvalue weighted by Gasteiger charge is 2.21. The molecule has 1 N–H and O–H groups in total. The van der Waals surface area contributed by atoms with Gasteiger partial charge in [0.2, 0.25) is 0 Å². The van der Waals surface area contributed by atoms with Crippen LogP contribution in [0.4, 0.5) is 0 Å². The van der Waals surface area contributed by atoms with Gasteiger partial charge in [0.1, 0.15) is 12.4 Å². The highest BCUT2D eigenvalue weighted by atomic mass is 35.5. The number of sulfone groups is 1. The minimum absolute atomic E-state index is 0.0293. The minimum atomic E-state index is -3.03. The molecule has 1 fully saturated rings. The smallest absolute Gasteiger partial charge is 0.153 e. The fraction of sp³-hybridized carbons (Fsp3) is 0.600. The largest absolute Gasteiger partial charge is 0.491 e. The van der Waals surface area contributed by atoms with Crippen LogP contribution in [0, 0.1) is 0 Å². The van der Waals surface area contributed by atoms with Crippen molar-refractivity contribution >= 4 is 21.4 Å². The summed E-state index contributed by atoms with van der Waals surface area (Å²) in [5.41, 5.74) is 0.974. The lowest BCUT2D eigenvalue weighted by Gasteiger charge is -2.13. The van der Waals surface area contributed by atoms with Gasteiger partial charge in [0, 0.05) is 18.2 Å². The van der Waals surface area contributed by atoms with Gasteiger partial charge in [-0.05, 0) is 25.3 Å². The van der Waals surface area contributed by atoms with Crippen molar-refractivity contribution < 1.29 is 13.2 Å².